The number of thioether (sulfide) groups is 1. The number of hydrogen-bond acceptors (Lipinski definition) is 4. The standard InChI is InChI=1S/C17H18N2O2S/c1-12(20)13-4-3-5-15(10-13)18-11-17(21)19-14-6-8-16(22-2)9-7-14/h3-10,18H,11H2,1-2H3,(H,19,21). The first-order valence-corrected chi connectivity index (χ1v) is 8.10. The average Bonchev–Trinajstić information content (AvgIpc) is 2.54. The Bertz CT molecular complexity index is 669. The predicted molar refractivity (Wildman–Crippen MR) is 91.8 cm³/mol. The lowest BCUT2D eigenvalue weighted by Gasteiger charge is -2.09. The molecule has 1 amide bonds. The van der Waals surface area contributed by atoms with E-state index in [0.29, 0.717) is 5.56 Å². The van der Waals surface area contributed by atoms with E-state index in [9.17, 15) is 9.59 Å². The van der Waals surface area contributed by atoms with Gasteiger partial charge >= 0.3 is 0 Å². The van der Waals surface area contributed by atoms with Crippen molar-refractivity contribution in [2.75, 3.05) is 23.4 Å². The predicted octanol–water partition coefficient (Wildman–Crippen LogP) is 3.66. The van der Waals surface area contributed by atoms with Crippen molar-refractivity contribution in [3.63, 3.8) is 0 Å². The Balaban J connectivity index is 1.89. The van der Waals surface area contributed by atoms with Crippen LogP contribution >= 0.6 is 11.8 Å². The first-order chi connectivity index (χ1) is 10.6. The van der Waals surface area contributed by atoms with Crippen molar-refractivity contribution < 1.29 is 9.59 Å². The Morgan fingerprint density at radius 2 is 1.77 bits per heavy atom. The molecule has 0 saturated heterocycles. The third-order valence-electron chi connectivity index (χ3n) is 3.10. The Kier molecular flexibility index (Phi) is 5.61. The molecular weight excluding hydrogens is 296 g/mol. The van der Waals surface area contributed by atoms with Crippen molar-refractivity contribution in [3.05, 3.63) is 54.1 Å². The normalized spacial score (nSPS) is 10.1. The quantitative estimate of drug-likeness (QED) is 0.631. The molecule has 5 heteroatoms. The summed E-state index contributed by atoms with van der Waals surface area (Å²) in [6.45, 7) is 1.66. The summed E-state index contributed by atoms with van der Waals surface area (Å²) in [6, 6.07) is 14.8. The first-order valence-electron chi connectivity index (χ1n) is 6.87. The molecule has 0 bridgehead atoms. The summed E-state index contributed by atoms with van der Waals surface area (Å²) in [5.41, 5.74) is 2.14. The highest BCUT2D eigenvalue weighted by Gasteiger charge is 2.04. The number of benzene rings is 2. The van der Waals surface area contributed by atoms with Gasteiger partial charge in [-0.1, -0.05) is 12.1 Å². The Hall–Kier alpha value is -2.27. The number of amides is 1. The van der Waals surface area contributed by atoms with Gasteiger partial charge in [0, 0.05) is 21.8 Å². The summed E-state index contributed by atoms with van der Waals surface area (Å²) in [5.74, 6) is -0.132. The van der Waals surface area contributed by atoms with Gasteiger partial charge in [-0.25, -0.2) is 0 Å². The van der Waals surface area contributed by atoms with E-state index in [2.05, 4.69) is 10.6 Å². The van der Waals surface area contributed by atoms with Crippen molar-refractivity contribution in [3.8, 4) is 0 Å². The van der Waals surface area contributed by atoms with Gasteiger partial charge in [-0.15, -0.1) is 11.8 Å². The second-order valence-corrected chi connectivity index (χ2v) is 5.65. The summed E-state index contributed by atoms with van der Waals surface area (Å²) in [4.78, 5) is 24.4. The summed E-state index contributed by atoms with van der Waals surface area (Å²) >= 11 is 1.65. The van der Waals surface area contributed by atoms with Crippen molar-refractivity contribution in [1.29, 1.82) is 0 Å². The van der Waals surface area contributed by atoms with Gasteiger partial charge in [0.15, 0.2) is 5.78 Å². The van der Waals surface area contributed by atoms with Gasteiger partial charge in [-0.2, -0.15) is 0 Å². The third-order valence-corrected chi connectivity index (χ3v) is 3.84. The van der Waals surface area contributed by atoms with E-state index < -0.39 is 0 Å². The SMILES string of the molecule is CSc1ccc(NC(=O)CNc2cccc(C(C)=O)c2)cc1. The van der Waals surface area contributed by atoms with Crippen molar-refractivity contribution >= 4 is 34.8 Å². The van der Waals surface area contributed by atoms with Gasteiger partial charge in [0.05, 0.1) is 6.54 Å². The Morgan fingerprint density at radius 3 is 2.41 bits per heavy atom. The number of anilines is 2. The van der Waals surface area contributed by atoms with Crippen molar-refractivity contribution in [2.45, 2.75) is 11.8 Å². The van der Waals surface area contributed by atoms with Crippen LogP contribution in [0.5, 0.6) is 0 Å². The molecule has 0 aliphatic carbocycles. The van der Waals surface area contributed by atoms with Crippen LogP contribution < -0.4 is 10.6 Å². The molecule has 114 valence electrons. The largest absolute Gasteiger partial charge is 0.376 e. The average molecular weight is 314 g/mol. The van der Waals surface area contributed by atoms with Gasteiger partial charge in [0.1, 0.15) is 0 Å². The fraction of sp³-hybridized carbons (Fsp3) is 0.176. The van der Waals surface area contributed by atoms with Crippen LogP contribution in [0, 0.1) is 0 Å². The molecule has 0 saturated carbocycles. The van der Waals surface area contributed by atoms with Crippen LogP contribution in [0.3, 0.4) is 0 Å². The monoisotopic (exact) mass is 314 g/mol. The molecule has 4 nitrogen and oxygen atoms in total. The number of carbonyl (C=O) groups excluding carboxylic acids is 2. The number of Topliss-reactive ketones (excluding diaryl/α,β-unsaturated/α-hetero) is 1. The zero-order valence-electron chi connectivity index (χ0n) is 12.6. The van der Waals surface area contributed by atoms with Gasteiger partial charge in [0.25, 0.3) is 0 Å². The van der Waals surface area contributed by atoms with E-state index in [1.54, 1.807) is 30.0 Å². The Morgan fingerprint density at radius 1 is 1.05 bits per heavy atom. The van der Waals surface area contributed by atoms with Crippen molar-refractivity contribution in [1.82, 2.24) is 0 Å². The molecule has 0 atom stereocenters. The molecule has 2 rings (SSSR count). The smallest absolute Gasteiger partial charge is 0.243 e. The number of nitrogens with one attached hydrogen (secondary N) is 2. The maximum atomic E-state index is 11.9. The minimum Gasteiger partial charge on any atom is -0.376 e. The van der Waals surface area contributed by atoms with Crippen LogP contribution in [0.1, 0.15) is 17.3 Å². The minimum atomic E-state index is -0.134. The zero-order chi connectivity index (χ0) is 15.9. The number of rotatable bonds is 6. The molecule has 0 fully saturated rings. The fourth-order valence-corrected chi connectivity index (χ4v) is 2.32. The summed E-state index contributed by atoms with van der Waals surface area (Å²) in [7, 11) is 0. The molecule has 2 aromatic carbocycles. The van der Waals surface area contributed by atoms with Gasteiger partial charge in [-0.3, -0.25) is 9.59 Å². The summed E-state index contributed by atoms with van der Waals surface area (Å²) < 4.78 is 0. The molecule has 0 spiro atoms. The molecule has 0 aromatic heterocycles. The van der Waals surface area contributed by atoms with Gasteiger partial charge in [-0.05, 0) is 49.6 Å². The van der Waals surface area contributed by atoms with Crippen LogP contribution in [0.4, 0.5) is 11.4 Å². The van der Waals surface area contributed by atoms with E-state index in [4.69, 9.17) is 0 Å². The zero-order valence-corrected chi connectivity index (χ0v) is 13.4. The van der Waals surface area contributed by atoms with E-state index in [0.717, 1.165) is 16.3 Å². The molecule has 0 unspecified atom stereocenters. The molecule has 2 N–H and O–H groups in total. The minimum absolute atomic E-state index is 0.00184. The maximum Gasteiger partial charge on any atom is 0.243 e. The second-order valence-electron chi connectivity index (χ2n) is 4.77. The van der Waals surface area contributed by atoms with E-state index >= 15 is 0 Å². The number of ketones is 1. The highest BCUT2D eigenvalue weighted by atomic mass is 32.2. The molecule has 0 aliphatic heterocycles. The molecular formula is C17H18N2O2S. The van der Waals surface area contributed by atoms with E-state index in [-0.39, 0.29) is 18.2 Å². The lowest BCUT2D eigenvalue weighted by atomic mass is 10.1. The highest BCUT2D eigenvalue weighted by Crippen LogP contribution is 2.17. The Labute approximate surface area is 134 Å². The van der Waals surface area contributed by atoms with Crippen molar-refractivity contribution in [2.24, 2.45) is 0 Å². The fourth-order valence-electron chi connectivity index (χ4n) is 1.91. The van der Waals surface area contributed by atoms with Crippen LogP contribution in [-0.4, -0.2) is 24.5 Å². The second kappa shape index (κ2) is 7.66. The van der Waals surface area contributed by atoms with Crippen LogP contribution in [0.25, 0.3) is 0 Å². The van der Waals surface area contributed by atoms with E-state index in [1.807, 2.05) is 36.6 Å². The molecule has 0 radical (unpaired) electrons. The lowest BCUT2D eigenvalue weighted by Crippen LogP contribution is -2.21. The first kappa shape index (κ1) is 16.1. The maximum absolute atomic E-state index is 11.9. The lowest BCUT2D eigenvalue weighted by molar-refractivity contribution is -0.114. The topological polar surface area (TPSA) is 58.2 Å². The summed E-state index contributed by atoms with van der Waals surface area (Å²) in [6.07, 6.45) is 2.01. The third kappa shape index (κ3) is 4.63. The highest BCUT2D eigenvalue weighted by molar-refractivity contribution is 7.98. The van der Waals surface area contributed by atoms with E-state index in [1.165, 1.54) is 6.92 Å². The molecule has 22 heavy (non-hydrogen) atoms. The molecule has 0 heterocycles. The summed E-state index contributed by atoms with van der Waals surface area (Å²) in [5, 5.41) is 5.84. The number of hydrogen-bond donors (Lipinski definition) is 2. The molecule has 2 aromatic rings. The van der Waals surface area contributed by atoms with Gasteiger partial charge < -0.3 is 10.6 Å². The molecule has 0 aliphatic rings. The van der Waals surface area contributed by atoms with Crippen LogP contribution in [0.2, 0.25) is 0 Å². The van der Waals surface area contributed by atoms with Crippen LogP contribution in [0.15, 0.2) is 53.4 Å². The number of carbonyl (C=O) groups is 2. The van der Waals surface area contributed by atoms with Crippen LogP contribution in [-0.2, 0) is 4.79 Å². The van der Waals surface area contributed by atoms with Gasteiger partial charge in [0.2, 0.25) is 5.91 Å².